The van der Waals surface area contributed by atoms with Crippen molar-refractivity contribution in [2.45, 2.75) is 312 Å². The van der Waals surface area contributed by atoms with Crippen molar-refractivity contribution in [1.82, 2.24) is 5.32 Å². The highest BCUT2D eigenvalue weighted by Crippen LogP contribution is 2.30. The summed E-state index contributed by atoms with van der Waals surface area (Å²) in [4.78, 5) is 13.3. The summed E-state index contributed by atoms with van der Waals surface area (Å²) in [6.07, 6.45) is 73.2. The van der Waals surface area contributed by atoms with Crippen LogP contribution in [0.4, 0.5) is 0 Å². The molecular weight excluding hydrogens is 1150 g/mol. The molecule has 0 aromatic heterocycles. The van der Waals surface area contributed by atoms with E-state index in [2.05, 4.69) is 153 Å². The highest BCUT2D eigenvalue weighted by Gasteiger charge is 2.51. The van der Waals surface area contributed by atoms with Gasteiger partial charge in [-0.15, -0.1) is 0 Å². The number of hydrogen-bond donors (Lipinski definition) is 9. The van der Waals surface area contributed by atoms with Gasteiger partial charge in [-0.2, -0.15) is 0 Å². The van der Waals surface area contributed by atoms with Crippen molar-refractivity contribution in [1.29, 1.82) is 0 Å². The van der Waals surface area contributed by atoms with Gasteiger partial charge in [-0.25, -0.2) is 0 Å². The number of nitrogens with one attached hydrogen (secondary N) is 1. The minimum absolute atomic E-state index is 0.237. The largest absolute Gasteiger partial charge is 0.394 e. The molecule has 0 saturated carbocycles. The Hall–Kier alpha value is -4.13. The maximum absolute atomic E-state index is 13.3. The van der Waals surface area contributed by atoms with Gasteiger partial charge in [0.2, 0.25) is 5.91 Å². The van der Waals surface area contributed by atoms with Crippen LogP contribution in [0.1, 0.15) is 239 Å². The predicted molar refractivity (Wildman–Crippen MR) is 373 cm³/mol. The molecule has 518 valence electrons. The van der Waals surface area contributed by atoms with Gasteiger partial charge in [0.05, 0.1) is 32.0 Å². The van der Waals surface area contributed by atoms with Crippen molar-refractivity contribution >= 4 is 5.91 Å². The van der Waals surface area contributed by atoms with E-state index in [1.54, 1.807) is 6.08 Å². The molecule has 14 heteroatoms. The van der Waals surface area contributed by atoms with Gasteiger partial charge in [0, 0.05) is 6.42 Å². The van der Waals surface area contributed by atoms with E-state index in [0.29, 0.717) is 12.8 Å². The molecule has 2 aliphatic rings. The average molecular weight is 1270 g/mol. The molecule has 2 aliphatic heterocycles. The number of carbonyl (C=O) groups is 1. The van der Waals surface area contributed by atoms with Crippen molar-refractivity contribution in [3.05, 3.63) is 146 Å². The molecule has 12 unspecified atom stereocenters. The molecule has 2 fully saturated rings. The Kier molecular flexibility index (Phi) is 54.3. The second-order valence-electron chi connectivity index (χ2n) is 24.3. The number of aliphatic hydroxyl groups excluding tert-OH is 8. The maximum atomic E-state index is 13.3. The van der Waals surface area contributed by atoms with Crippen LogP contribution in [0.25, 0.3) is 0 Å². The highest BCUT2D eigenvalue weighted by atomic mass is 16.7. The molecule has 0 aromatic carbocycles. The number of allylic oxidation sites excluding steroid dienone is 23. The molecule has 14 nitrogen and oxygen atoms in total. The Morgan fingerprint density at radius 1 is 0.407 bits per heavy atom. The van der Waals surface area contributed by atoms with E-state index in [4.69, 9.17) is 18.9 Å². The predicted octanol–water partition coefficient (Wildman–Crippen LogP) is 14.8. The molecular formula is C77H127NO13. The summed E-state index contributed by atoms with van der Waals surface area (Å²) in [6, 6.07) is -0.962. The van der Waals surface area contributed by atoms with Crippen molar-refractivity contribution in [3.63, 3.8) is 0 Å². The molecule has 2 heterocycles. The molecule has 9 N–H and O–H groups in total. The summed E-state index contributed by atoms with van der Waals surface area (Å²) in [6.45, 7) is 2.65. The number of aliphatic hydroxyl groups is 8. The lowest BCUT2D eigenvalue weighted by molar-refractivity contribution is -0.359. The second kappa shape index (κ2) is 59.6. The van der Waals surface area contributed by atoms with Crippen LogP contribution in [-0.2, 0) is 23.7 Å². The zero-order chi connectivity index (χ0) is 65.9. The third-order valence-corrected chi connectivity index (χ3v) is 16.2. The fourth-order valence-corrected chi connectivity index (χ4v) is 10.6. The first kappa shape index (κ1) is 83.0. The third-order valence-electron chi connectivity index (χ3n) is 16.2. The minimum Gasteiger partial charge on any atom is -0.394 e. The van der Waals surface area contributed by atoms with E-state index in [-0.39, 0.29) is 18.9 Å². The summed E-state index contributed by atoms with van der Waals surface area (Å²) in [5.74, 6) is -0.277. The number of unbranched alkanes of at least 4 members (excludes halogenated alkanes) is 21. The number of ether oxygens (including phenoxy) is 4. The van der Waals surface area contributed by atoms with Gasteiger partial charge < -0.3 is 65.1 Å². The molecule has 0 aromatic rings. The van der Waals surface area contributed by atoms with Crippen LogP contribution in [0.5, 0.6) is 0 Å². The van der Waals surface area contributed by atoms with Crippen molar-refractivity contribution in [2.24, 2.45) is 0 Å². The Morgan fingerprint density at radius 2 is 0.769 bits per heavy atom. The zero-order valence-corrected chi connectivity index (χ0v) is 56.3. The summed E-state index contributed by atoms with van der Waals surface area (Å²) < 4.78 is 22.8. The monoisotopic (exact) mass is 1270 g/mol. The van der Waals surface area contributed by atoms with E-state index in [1.165, 1.54) is 89.9 Å². The fourth-order valence-electron chi connectivity index (χ4n) is 10.6. The van der Waals surface area contributed by atoms with Gasteiger partial charge in [-0.3, -0.25) is 4.79 Å². The first-order valence-corrected chi connectivity index (χ1v) is 35.6. The molecule has 0 spiro atoms. The quantitative estimate of drug-likeness (QED) is 0.0204. The minimum atomic E-state index is -1.80. The fraction of sp³-hybridized carbons (Fsp3) is 0.675. The van der Waals surface area contributed by atoms with E-state index in [9.17, 15) is 45.6 Å². The topological polar surface area (TPSA) is 228 Å². The summed E-state index contributed by atoms with van der Waals surface area (Å²) in [5.41, 5.74) is 0. The molecule has 2 rings (SSSR count). The maximum Gasteiger partial charge on any atom is 0.220 e. The zero-order valence-electron chi connectivity index (χ0n) is 56.3. The Balaban J connectivity index is 1.73. The van der Waals surface area contributed by atoms with Crippen molar-refractivity contribution in [2.75, 3.05) is 19.8 Å². The van der Waals surface area contributed by atoms with Crippen LogP contribution in [0.3, 0.4) is 0 Å². The highest BCUT2D eigenvalue weighted by molar-refractivity contribution is 5.76. The first-order valence-electron chi connectivity index (χ1n) is 35.6. The van der Waals surface area contributed by atoms with Gasteiger partial charge in [0.15, 0.2) is 12.6 Å². The smallest absolute Gasteiger partial charge is 0.220 e. The Morgan fingerprint density at radius 3 is 1.21 bits per heavy atom. The van der Waals surface area contributed by atoms with E-state index in [0.717, 1.165) is 116 Å². The third kappa shape index (κ3) is 43.5. The second-order valence-corrected chi connectivity index (χ2v) is 24.3. The van der Waals surface area contributed by atoms with Gasteiger partial charge in [-0.1, -0.05) is 262 Å². The number of carbonyl (C=O) groups excluding carboxylic acids is 1. The van der Waals surface area contributed by atoms with Crippen molar-refractivity contribution < 1.29 is 64.6 Å². The molecule has 12 atom stereocenters. The average Bonchev–Trinajstić information content (AvgIpc) is 1.28. The summed E-state index contributed by atoms with van der Waals surface area (Å²) in [7, 11) is 0. The van der Waals surface area contributed by atoms with E-state index in [1.807, 2.05) is 6.08 Å². The molecule has 2 saturated heterocycles. The lowest BCUT2D eigenvalue weighted by Crippen LogP contribution is -2.65. The molecule has 0 radical (unpaired) electrons. The van der Waals surface area contributed by atoms with Gasteiger partial charge in [0.1, 0.15) is 48.8 Å². The van der Waals surface area contributed by atoms with Gasteiger partial charge >= 0.3 is 0 Å². The Labute approximate surface area is 551 Å². The van der Waals surface area contributed by atoms with Crippen LogP contribution >= 0.6 is 0 Å². The van der Waals surface area contributed by atoms with Gasteiger partial charge in [0.25, 0.3) is 0 Å². The van der Waals surface area contributed by atoms with Crippen LogP contribution < -0.4 is 5.32 Å². The summed E-state index contributed by atoms with van der Waals surface area (Å²) in [5, 5.41) is 87.4. The van der Waals surface area contributed by atoms with Crippen LogP contribution in [-0.4, -0.2) is 140 Å². The van der Waals surface area contributed by atoms with Crippen LogP contribution in [0.2, 0.25) is 0 Å². The SMILES string of the molecule is CC/C=C\C/C=C\C/C=C\C/C=C\C/C=C\C/C=C\C/C=C\C/C=C\C/C=C\CCCCCCCC(=O)NC(COC1OC(CO)C(OC2OC(CO)C(O)C(O)C2O)C(O)C1O)C(O)/C=C/CC/C=C/CC/C=C/CCCCCCCCCCCCCCCC. The van der Waals surface area contributed by atoms with Crippen LogP contribution in [0, 0.1) is 0 Å². The normalized spacial score (nSPS) is 23.7. The lowest BCUT2D eigenvalue weighted by Gasteiger charge is -2.46. The van der Waals surface area contributed by atoms with Crippen LogP contribution in [0.15, 0.2) is 146 Å². The van der Waals surface area contributed by atoms with Gasteiger partial charge in [-0.05, 0) is 116 Å². The van der Waals surface area contributed by atoms with E-state index >= 15 is 0 Å². The van der Waals surface area contributed by atoms with E-state index < -0.39 is 86.8 Å². The molecule has 0 bridgehead atoms. The molecule has 0 aliphatic carbocycles. The van der Waals surface area contributed by atoms with Crippen molar-refractivity contribution in [3.8, 4) is 0 Å². The first-order chi connectivity index (χ1) is 44.6. The number of rotatable bonds is 56. The number of amides is 1. The molecule has 91 heavy (non-hydrogen) atoms. The molecule has 1 amide bonds. The Bertz CT molecular complexity index is 2090. The lowest BCUT2D eigenvalue weighted by atomic mass is 9.97. The summed E-state index contributed by atoms with van der Waals surface area (Å²) >= 11 is 0. The number of hydrogen-bond acceptors (Lipinski definition) is 13. The standard InChI is InChI=1S/C77H127NO13/c1-3-5-7-9-11-13-15-17-19-21-23-25-27-29-30-31-32-33-34-35-36-37-39-41-43-45-47-49-51-53-55-57-59-61-69(82)78-65(64-88-76-74(87)72(85)75(68(63-80)90-76)91-77-73(86)71(84)70(83)67(62-79)89-77)66(81)60-58-56-54-52-50-48-46-44-42-40-38-28-26-24-22-20-18-16-14-12-10-8-6-4-2/h5,7,11,13,17,19,23,25,29-30,32-33,35-36,39,41-42,44-45,47,50,52,58,60,65-68,70-77,79-81,83-87H,3-4,6,8-10,12,14-16,18,20-22,24,26-28,31,34,37-38,40,43,46,48-49,51,53-57,59,61-64H2,1-2H3,(H,78,82)/b7-5-,13-11-,19-17-,25-23-,30-29-,33-32-,36-35-,41-39-,44-42+,47-45-,52-50+,60-58+.